The van der Waals surface area contributed by atoms with E-state index in [2.05, 4.69) is 0 Å². The lowest BCUT2D eigenvalue weighted by molar-refractivity contribution is 0.0764. The molecule has 0 unspecified atom stereocenters. The first-order valence-corrected chi connectivity index (χ1v) is 9.37. The average Bonchev–Trinajstić information content (AvgIpc) is 2.80. The molecule has 0 N–H and O–H groups in total. The molecule has 0 atom stereocenters. The third-order valence-electron chi connectivity index (χ3n) is 4.14. The summed E-state index contributed by atoms with van der Waals surface area (Å²) in [5, 5.41) is 0. The Balaban J connectivity index is 2.11. The van der Waals surface area contributed by atoms with Crippen LogP contribution in [0.2, 0.25) is 0 Å². The van der Waals surface area contributed by atoms with Crippen LogP contribution in [0.1, 0.15) is 16.8 Å². The van der Waals surface area contributed by atoms with E-state index in [1.807, 2.05) is 37.2 Å². The highest BCUT2D eigenvalue weighted by atomic mass is 32.2. The third kappa shape index (κ3) is 4.06. The molecule has 0 spiro atoms. The van der Waals surface area contributed by atoms with Crippen molar-refractivity contribution in [3.05, 3.63) is 29.8 Å². The highest BCUT2D eigenvalue weighted by Gasteiger charge is 2.28. The molecule has 134 valence electrons. The van der Waals surface area contributed by atoms with E-state index in [1.165, 1.54) is 22.7 Å². The highest BCUT2D eigenvalue weighted by molar-refractivity contribution is 7.86. The van der Waals surface area contributed by atoms with Gasteiger partial charge in [0.15, 0.2) is 0 Å². The van der Waals surface area contributed by atoms with Crippen molar-refractivity contribution in [2.45, 2.75) is 6.42 Å². The summed E-state index contributed by atoms with van der Waals surface area (Å²) in [4.78, 5) is 16.4. The smallest absolute Gasteiger partial charge is 0.281 e. The van der Waals surface area contributed by atoms with Crippen molar-refractivity contribution >= 4 is 21.8 Å². The largest absolute Gasteiger partial charge is 0.378 e. The van der Waals surface area contributed by atoms with Crippen LogP contribution in [-0.2, 0) is 10.2 Å². The van der Waals surface area contributed by atoms with Gasteiger partial charge in [0.25, 0.3) is 16.1 Å². The van der Waals surface area contributed by atoms with E-state index in [0.717, 1.165) is 5.69 Å². The molecule has 0 aliphatic carbocycles. The lowest BCUT2D eigenvalue weighted by atomic mass is 10.1. The molecule has 7 nitrogen and oxygen atoms in total. The number of hydrogen-bond acceptors (Lipinski definition) is 4. The lowest BCUT2D eigenvalue weighted by Crippen LogP contribution is -2.42. The van der Waals surface area contributed by atoms with Gasteiger partial charge in [-0.05, 0) is 24.6 Å². The summed E-state index contributed by atoms with van der Waals surface area (Å²) in [5.74, 6) is -0.0530. The van der Waals surface area contributed by atoms with Gasteiger partial charge in [0, 0.05) is 65.6 Å². The van der Waals surface area contributed by atoms with Crippen molar-refractivity contribution in [3.8, 4) is 0 Å². The fraction of sp³-hybridized carbons (Fsp3) is 0.562. The zero-order valence-corrected chi connectivity index (χ0v) is 15.6. The fourth-order valence-electron chi connectivity index (χ4n) is 2.66. The van der Waals surface area contributed by atoms with Crippen molar-refractivity contribution in [2.24, 2.45) is 0 Å². The minimum absolute atomic E-state index is 0.0530. The molecule has 0 aromatic heterocycles. The number of carbonyl (C=O) groups excluding carboxylic acids is 1. The van der Waals surface area contributed by atoms with Gasteiger partial charge in [-0.3, -0.25) is 4.79 Å². The van der Waals surface area contributed by atoms with Gasteiger partial charge in [0.2, 0.25) is 0 Å². The predicted octanol–water partition coefficient (Wildman–Crippen LogP) is 0.707. The van der Waals surface area contributed by atoms with Gasteiger partial charge in [0.1, 0.15) is 0 Å². The van der Waals surface area contributed by atoms with Crippen LogP contribution in [-0.4, -0.2) is 82.2 Å². The Morgan fingerprint density at radius 3 is 2.38 bits per heavy atom. The number of nitrogens with zero attached hydrogens (tertiary/aromatic N) is 4. The van der Waals surface area contributed by atoms with Crippen LogP contribution < -0.4 is 4.90 Å². The second kappa shape index (κ2) is 7.50. The van der Waals surface area contributed by atoms with Gasteiger partial charge >= 0.3 is 0 Å². The van der Waals surface area contributed by atoms with Crippen molar-refractivity contribution in [1.82, 2.24) is 13.5 Å². The van der Waals surface area contributed by atoms with E-state index in [4.69, 9.17) is 0 Å². The van der Waals surface area contributed by atoms with E-state index >= 15 is 0 Å². The Labute approximate surface area is 144 Å². The molecule has 1 aromatic carbocycles. The number of hydrogen-bond donors (Lipinski definition) is 0. The molecule has 0 radical (unpaired) electrons. The minimum atomic E-state index is -3.43. The first-order valence-electron chi connectivity index (χ1n) is 7.97. The van der Waals surface area contributed by atoms with Crippen LogP contribution >= 0.6 is 0 Å². The zero-order chi connectivity index (χ0) is 17.9. The molecule has 1 heterocycles. The van der Waals surface area contributed by atoms with Crippen LogP contribution in [0.5, 0.6) is 0 Å². The van der Waals surface area contributed by atoms with Crippen molar-refractivity contribution in [3.63, 3.8) is 0 Å². The Morgan fingerprint density at radius 1 is 1.04 bits per heavy atom. The molecule has 2 rings (SSSR count). The second-order valence-corrected chi connectivity index (χ2v) is 8.42. The van der Waals surface area contributed by atoms with E-state index in [-0.39, 0.29) is 5.91 Å². The summed E-state index contributed by atoms with van der Waals surface area (Å²) in [6, 6.07) is 7.48. The molecular weight excluding hydrogens is 328 g/mol. The standard InChI is InChI=1S/C16H26N4O3S/c1-17(2)15-8-5-7-14(13-15)16(21)19-9-6-10-20(12-11-19)24(22,23)18(3)4/h5,7-8,13H,6,9-12H2,1-4H3. The number of benzene rings is 1. The zero-order valence-electron chi connectivity index (χ0n) is 14.8. The van der Waals surface area contributed by atoms with Crippen LogP contribution in [0.3, 0.4) is 0 Å². The molecule has 24 heavy (non-hydrogen) atoms. The average molecular weight is 354 g/mol. The minimum Gasteiger partial charge on any atom is -0.378 e. The molecule has 1 amide bonds. The number of carbonyl (C=O) groups is 1. The Kier molecular flexibility index (Phi) is 5.84. The number of rotatable bonds is 4. The molecule has 8 heteroatoms. The van der Waals surface area contributed by atoms with Crippen LogP contribution in [0.4, 0.5) is 5.69 Å². The Bertz CT molecular complexity index is 688. The summed E-state index contributed by atoms with van der Waals surface area (Å²) in [5.41, 5.74) is 1.60. The molecule has 1 saturated heterocycles. The molecule has 1 aromatic rings. The quantitative estimate of drug-likeness (QED) is 0.799. The SMILES string of the molecule is CN(C)c1cccc(C(=O)N2CCCN(S(=O)(=O)N(C)C)CC2)c1. The first-order chi connectivity index (χ1) is 11.2. The predicted molar refractivity (Wildman–Crippen MR) is 95.5 cm³/mol. The normalized spacial score (nSPS) is 17.0. The van der Waals surface area contributed by atoms with E-state index < -0.39 is 10.2 Å². The van der Waals surface area contributed by atoms with Gasteiger partial charge in [-0.2, -0.15) is 17.0 Å². The van der Waals surface area contributed by atoms with Gasteiger partial charge in [-0.1, -0.05) is 6.07 Å². The topological polar surface area (TPSA) is 64.2 Å². The lowest BCUT2D eigenvalue weighted by Gasteiger charge is -2.24. The molecule has 0 saturated carbocycles. The second-order valence-electron chi connectivity index (χ2n) is 6.28. The number of anilines is 1. The van der Waals surface area contributed by atoms with Crippen LogP contribution in [0, 0.1) is 0 Å². The van der Waals surface area contributed by atoms with E-state index in [1.54, 1.807) is 11.0 Å². The summed E-state index contributed by atoms with van der Waals surface area (Å²) >= 11 is 0. The fourth-order valence-corrected chi connectivity index (χ4v) is 3.79. The maximum absolute atomic E-state index is 12.7. The van der Waals surface area contributed by atoms with Crippen molar-refractivity contribution in [1.29, 1.82) is 0 Å². The molecule has 1 aliphatic heterocycles. The molecular formula is C16H26N4O3S. The summed E-state index contributed by atoms with van der Waals surface area (Å²) in [6.45, 7) is 1.71. The van der Waals surface area contributed by atoms with Crippen molar-refractivity contribution < 1.29 is 13.2 Å². The summed E-state index contributed by atoms with van der Waals surface area (Å²) in [7, 11) is 3.47. The summed E-state index contributed by atoms with van der Waals surface area (Å²) in [6.07, 6.45) is 0.631. The van der Waals surface area contributed by atoms with Crippen molar-refractivity contribution in [2.75, 3.05) is 59.3 Å². The molecule has 0 bridgehead atoms. The van der Waals surface area contributed by atoms with Crippen LogP contribution in [0.25, 0.3) is 0 Å². The van der Waals surface area contributed by atoms with Gasteiger partial charge < -0.3 is 9.80 Å². The molecule has 1 fully saturated rings. The Morgan fingerprint density at radius 2 is 1.75 bits per heavy atom. The number of amides is 1. The molecule has 1 aliphatic rings. The van der Waals surface area contributed by atoms with E-state index in [9.17, 15) is 13.2 Å². The maximum atomic E-state index is 12.7. The first kappa shape index (κ1) is 18.7. The Hall–Kier alpha value is -1.64. The maximum Gasteiger partial charge on any atom is 0.281 e. The van der Waals surface area contributed by atoms with Gasteiger partial charge in [0.05, 0.1) is 0 Å². The van der Waals surface area contributed by atoms with Gasteiger partial charge in [-0.15, -0.1) is 0 Å². The van der Waals surface area contributed by atoms with E-state index in [0.29, 0.717) is 38.2 Å². The highest BCUT2D eigenvalue weighted by Crippen LogP contribution is 2.17. The van der Waals surface area contributed by atoms with Crippen LogP contribution in [0.15, 0.2) is 24.3 Å². The third-order valence-corrected chi connectivity index (χ3v) is 6.08. The summed E-state index contributed by atoms with van der Waals surface area (Å²) < 4.78 is 27.1. The van der Waals surface area contributed by atoms with Gasteiger partial charge in [-0.25, -0.2) is 0 Å². The monoisotopic (exact) mass is 354 g/mol.